The molecule has 0 fully saturated rings. The van der Waals surface area contributed by atoms with Gasteiger partial charge < -0.3 is 4.90 Å². The Morgan fingerprint density at radius 1 is 0.255 bits per heavy atom. The zero-order valence-corrected chi connectivity index (χ0v) is 29.0. The largest absolute Gasteiger partial charge is 0.335 e. The number of halogens is 20. The van der Waals surface area contributed by atoms with Gasteiger partial charge in [0, 0.05) is 0 Å². The van der Waals surface area contributed by atoms with E-state index in [2.05, 4.69) is 20.8 Å². The van der Waals surface area contributed by atoms with Crippen LogP contribution in [0.1, 0.15) is 40.0 Å². The Hall–Kier alpha value is -4.03. The lowest BCUT2D eigenvalue weighted by Gasteiger charge is -2.42. The summed E-state index contributed by atoms with van der Waals surface area (Å²) < 4.78 is 280. The fourth-order valence-electron chi connectivity index (χ4n) is 6.31. The highest BCUT2D eigenvalue weighted by Gasteiger charge is 2.55. The van der Waals surface area contributed by atoms with Crippen LogP contribution in [0.3, 0.4) is 0 Å². The van der Waals surface area contributed by atoms with Gasteiger partial charge in [0.2, 0.25) is 0 Å². The lowest BCUT2D eigenvalue weighted by molar-refractivity contribution is -0.900. The third-order valence-corrected chi connectivity index (χ3v) is 14.0. The zero-order chi connectivity index (χ0) is 42.2. The third kappa shape index (κ3) is 7.36. The van der Waals surface area contributed by atoms with Gasteiger partial charge in [-0.1, -0.05) is 20.8 Å². The molecule has 302 valence electrons. The van der Waals surface area contributed by atoms with Crippen LogP contribution in [-0.4, -0.2) is 32.7 Å². The maximum Gasteiger partial charge on any atom is 0.300 e. The van der Waals surface area contributed by atoms with Crippen molar-refractivity contribution in [2.45, 2.75) is 40.0 Å². The molecule has 55 heavy (non-hydrogen) atoms. The lowest BCUT2D eigenvalue weighted by atomic mass is 10.2. The van der Waals surface area contributed by atoms with Crippen molar-refractivity contribution in [2.75, 3.05) is 19.6 Å². The molecule has 0 amide bonds. The van der Waals surface area contributed by atoms with Gasteiger partial charge in [-0.15, -0.1) is 17.7 Å². The minimum Gasteiger partial charge on any atom is -0.335 e. The molecule has 0 aromatic heterocycles. The summed E-state index contributed by atoms with van der Waals surface area (Å²) in [7, 11) is 0. The van der Waals surface area contributed by atoms with E-state index < -0.39 is 147 Å². The van der Waals surface area contributed by atoms with E-state index in [1.807, 2.05) is 0 Å². The zero-order valence-electron chi connectivity index (χ0n) is 27.9. The molecular formula is C33H22AlF20N. The molecule has 0 saturated carbocycles. The summed E-state index contributed by atoms with van der Waals surface area (Å²) in [4.78, 5) is 1.78. The van der Waals surface area contributed by atoms with Crippen LogP contribution in [0.5, 0.6) is 0 Å². The third-order valence-electron chi connectivity index (χ3n) is 8.52. The second-order valence-electron chi connectivity index (χ2n) is 11.8. The van der Waals surface area contributed by atoms with Crippen molar-refractivity contribution >= 4 is 30.8 Å². The first kappa shape index (κ1) is 45.4. The standard InChI is InChI=1S/C9H21N.4C6F5.Al/c1-4-7-10(8-5-2)9-6-3;4*7-2-1-3(8)5(10)6(11)4(2)9;/h4-9H2,1-3H3;;;;;/q;;;;;-1/p+1. The molecule has 0 bridgehead atoms. The fraction of sp³-hybridized carbons (Fsp3) is 0.273. The average molecular weight is 839 g/mol. The Morgan fingerprint density at radius 3 is 0.509 bits per heavy atom. The van der Waals surface area contributed by atoms with E-state index in [0.717, 1.165) is 0 Å². The van der Waals surface area contributed by atoms with Crippen molar-refractivity contribution in [3.05, 3.63) is 116 Å². The Balaban J connectivity index is 0.000000712. The highest BCUT2D eigenvalue weighted by atomic mass is 27.2. The summed E-state index contributed by atoms with van der Waals surface area (Å²) in [5, 5.41) is 0. The quantitative estimate of drug-likeness (QED) is 0.0765. The van der Waals surface area contributed by atoms with Crippen LogP contribution in [0, 0.1) is 116 Å². The van der Waals surface area contributed by atoms with Gasteiger partial charge >= 0.3 is 13.1 Å². The molecule has 0 radical (unpaired) electrons. The summed E-state index contributed by atoms with van der Waals surface area (Å²) in [5.74, 6) is -70.8. The topological polar surface area (TPSA) is 4.44 Å². The molecule has 0 unspecified atom stereocenters. The normalized spacial score (nSPS) is 11.8. The van der Waals surface area contributed by atoms with Crippen molar-refractivity contribution in [3.8, 4) is 0 Å². The van der Waals surface area contributed by atoms with E-state index >= 15 is 35.1 Å². The van der Waals surface area contributed by atoms with Crippen LogP contribution in [0.2, 0.25) is 0 Å². The van der Waals surface area contributed by atoms with Crippen molar-refractivity contribution < 1.29 is 92.7 Å². The number of benzene rings is 4. The predicted octanol–water partition coefficient (Wildman–Crippen LogP) is 6.95. The monoisotopic (exact) mass is 839 g/mol. The second kappa shape index (κ2) is 17.4. The molecule has 4 aromatic carbocycles. The molecule has 0 saturated heterocycles. The molecule has 0 atom stereocenters. The molecule has 0 aliphatic carbocycles. The molecule has 0 spiro atoms. The van der Waals surface area contributed by atoms with E-state index in [1.165, 1.54) is 38.9 Å². The van der Waals surface area contributed by atoms with Crippen LogP contribution in [-0.2, 0) is 0 Å². The smallest absolute Gasteiger partial charge is 0.300 e. The Morgan fingerprint density at radius 2 is 0.382 bits per heavy atom. The van der Waals surface area contributed by atoms with E-state index in [-0.39, 0.29) is 0 Å². The van der Waals surface area contributed by atoms with E-state index in [9.17, 15) is 52.7 Å². The Bertz CT molecular complexity index is 1720. The van der Waals surface area contributed by atoms with Gasteiger partial charge in [0.15, 0.2) is 69.8 Å². The molecule has 4 rings (SSSR count). The number of nitrogens with one attached hydrogen (secondary N) is 1. The molecule has 22 heteroatoms. The molecule has 0 heterocycles. The van der Waals surface area contributed by atoms with Crippen LogP contribution < -0.4 is 22.6 Å². The Kier molecular flexibility index (Phi) is 14.4. The molecular weight excluding hydrogens is 817 g/mol. The van der Waals surface area contributed by atoms with Crippen molar-refractivity contribution in [1.29, 1.82) is 0 Å². The van der Waals surface area contributed by atoms with Gasteiger partial charge in [-0.05, 0) is 19.3 Å². The molecule has 1 N–H and O–H groups in total. The van der Waals surface area contributed by atoms with Gasteiger partial charge in [0.25, 0.3) is 0 Å². The number of rotatable bonds is 10. The maximum absolute atomic E-state index is 15.4. The predicted molar refractivity (Wildman–Crippen MR) is 156 cm³/mol. The van der Waals surface area contributed by atoms with Crippen LogP contribution in [0.15, 0.2) is 0 Å². The highest BCUT2D eigenvalue weighted by molar-refractivity contribution is 7.20. The van der Waals surface area contributed by atoms with Crippen molar-refractivity contribution in [1.82, 2.24) is 0 Å². The molecule has 1 nitrogen and oxygen atoms in total. The summed E-state index contributed by atoms with van der Waals surface area (Å²) >= 11 is -9.08. The molecule has 0 aliphatic heterocycles. The minimum atomic E-state index is -9.08. The Labute approximate surface area is 299 Å². The first-order valence-electron chi connectivity index (χ1n) is 15.6. The SMILES string of the molecule is CCC[NH+](CCC)CCC.Fc1c(F)c(F)[c]([Al-]([c]2c(F)c(F)c(F)c(F)c2F)([c]2c(F)c(F)c(F)c(F)c2F)[c]2c(F)c(F)c(F)c(F)c2F)c(F)c1F. The van der Waals surface area contributed by atoms with Gasteiger partial charge in [0.05, 0.1) is 19.6 Å². The van der Waals surface area contributed by atoms with Gasteiger partial charge in [-0.3, -0.25) is 0 Å². The van der Waals surface area contributed by atoms with Gasteiger partial charge in [0.1, 0.15) is 46.5 Å². The maximum atomic E-state index is 15.4. The highest BCUT2D eigenvalue weighted by Crippen LogP contribution is 2.30. The van der Waals surface area contributed by atoms with E-state index in [0.29, 0.717) is 0 Å². The first-order chi connectivity index (χ1) is 25.5. The van der Waals surface area contributed by atoms with Crippen molar-refractivity contribution in [3.63, 3.8) is 0 Å². The fourth-order valence-corrected chi connectivity index (χ4v) is 12.1. The van der Waals surface area contributed by atoms with E-state index in [4.69, 9.17) is 0 Å². The van der Waals surface area contributed by atoms with Gasteiger partial charge in [-0.25, -0.2) is 87.8 Å². The summed E-state index contributed by atoms with van der Waals surface area (Å²) in [6, 6.07) is 0. The summed E-state index contributed by atoms with van der Waals surface area (Å²) in [5.41, 5.74) is 0. The van der Waals surface area contributed by atoms with Crippen LogP contribution in [0.25, 0.3) is 0 Å². The summed E-state index contributed by atoms with van der Waals surface area (Å²) in [6.07, 6.45) is 3.99. The lowest BCUT2D eigenvalue weighted by Crippen LogP contribution is -3.11. The van der Waals surface area contributed by atoms with Crippen molar-refractivity contribution in [2.24, 2.45) is 0 Å². The molecule has 4 aromatic rings. The van der Waals surface area contributed by atoms with Crippen LogP contribution in [0.4, 0.5) is 87.8 Å². The number of quaternary nitrogens is 1. The first-order valence-corrected chi connectivity index (χ1v) is 17.9. The molecule has 0 aliphatic rings. The summed E-state index contributed by atoms with van der Waals surface area (Å²) in [6.45, 7) is 10.9. The second-order valence-corrected chi connectivity index (χ2v) is 15.8. The van der Waals surface area contributed by atoms with Crippen LogP contribution >= 0.6 is 0 Å². The minimum absolute atomic E-state index is 1.33. The van der Waals surface area contributed by atoms with E-state index in [1.54, 1.807) is 4.90 Å². The number of hydrogen-bond donors (Lipinski definition) is 1. The number of hydrogen-bond acceptors (Lipinski definition) is 0. The van der Waals surface area contributed by atoms with Gasteiger partial charge in [-0.2, -0.15) is 0 Å². The average Bonchev–Trinajstić information content (AvgIpc) is 3.15.